The molecule has 0 saturated heterocycles. The Hall–Kier alpha value is -4.88. The Bertz CT molecular complexity index is 2360. The molecule has 2 atom stereocenters. The number of allylic oxidation sites excluding steroid dienone is 5. The van der Waals surface area contributed by atoms with Gasteiger partial charge in [-0.05, 0) is 132 Å². The van der Waals surface area contributed by atoms with Crippen molar-refractivity contribution in [3.63, 3.8) is 0 Å². The van der Waals surface area contributed by atoms with Crippen LogP contribution in [0.3, 0.4) is 0 Å². The number of benzene rings is 5. The third-order valence-corrected chi connectivity index (χ3v) is 14.3. The van der Waals surface area contributed by atoms with Crippen molar-refractivity contribution < 1.29 is 0 Å². The fourth-order valence-electron chi connectivity index (χ4n) is 11.7. The molecule has 0 bridgehead atoms. The molecule has 5 aliphatic carbocycles. The molecule has 10 rings (SSSR count). The number of hydrogen-bond donors (Lipinski definition) is 0. The monoisotopic (exact) mass is 703 g/mol. The Morgan fingerprint density at radius 1 is 0.722 bits per heavy atom. The van der Waals surface area contributed by atoms with E-state index in [0.29, 0.717) is 0 Å². The second kappa shape index (κ2) is 13.2. The first-order valence-corrected chi connectivity index (χ1v) is 21.0. The van der Waals surface area contributed by atoms with E-state index >= 15 is 0 Å². The summed E-state index contributed by atoms with van der Waals surface area (Å²) in [6, 6.07) is 42.2. The lowest BCUT2D eigenvalue weighted by Gasteiger charge is -2.41. The van der Waals surface area contributed by atoms with Gasteiger partial charge in [0.25, 0.3) is 0 Å². The number of hydrogen-bond acceptors (Lipinski definition) is 1. The van der Waals surface area contributed by atoms with Crippen LogP contribution in [0.15, 0.2) is 145 Å². The summed E-state index contributed by atoms with van der Waals surface area (Å²) in [5.74, 6) is 0.740. The predicted octanol–water partition coefficient (Wildman–Crippen LogP) is 14.1. The summed E-state index contributed by atoms with van der Waals surface area (Å²) in [6.45, 7) is 9.54. The van der Waals surface area contributed by atoms with Gasteiger partial charge >= 0.3 is 0 Å². The molecular formula is C53H53N. The van der Waals surface area contributed by atoms with Crippen molar-refractivity contribution >= 4 is 11.4 Å². The van der Waals surface area contributed by atoms with Crippen LogP contribution in [0.1, 0.15) is 111 Å². The molecule has 2 saturated carbocycles. The van der Waals surface area contributed by atoms with Crippen molar-refractivity contribution in [2.75, 3.05) is 4.90 Å². The lowest BCUT2D eigenvalue weighted by molar-refractivity contribution is 0.338. The van der Waals surface area contributed by atoms with E-state index in [4.69, 9.17) is 6.58 Å². The average molecular weight is 704 g/mol. The zero-order valence-electron chi connectivity index (χ0n) is 32.3. The topological polar surface area (TPSA) is 3.24 Å². The van der Waals surface area contributed by atoms with Crippen molar-refractivity contribution in [3.05, 3.63) is 178 Å². The zero-order valence-corrected chi connectivity index (χ0v) is 32.3. The SMILES string of the molecule is C=C1CC(CC)CCC12c1ccccc1-c1cc(N(/C(=C/C=C3\Cc4ccccc4C34CCCC4)CCC)c3cccc4c3-c3ccccc3C4)ccc12. The van der Waals surface area contributed by atoms with Crippen molar-refractivity contribution in [1.82, 2.24) is 0 Å². The number of anilines is 2. The Morgan fingerprint density at radius 3 is 2.24 bits per heavy atom. The summed E-state index contributed by atoms with van der Waals surface area (Å²) in [5, 5.41) is 0. The van der Waals surface area contributed by atoms with Gasteiger partial charge in [0.05, 0.1) is 5.69 Å². The van der Waals surface area contributed by atoms with E-state index in [2.05, 4.69) is 140 Å². The van der Waals surface area contributed by atoms with Crippen LogP contribution in [0.2, 0.25) is 0 Å². The number of nitrogens with zero attached hydrogens (tertiary/aromatic N) is 1. The van der Waals surface area contributed by atoms with Crippen LogP contribution in [0.5, 0.6) is 0 Å². The van der Waals surface area contributed by atoms with Gasteiger partial charge in [-0.2, -0.15) is 0 Å². The Balaban J connectivity index is 1.17. The molecule has 2 fully saturated rings. The van der Waals surface area contributed by atoms with Crippen molar-refractivity contribution in [3.8, 4) is 22.3 Å². The summed E-state index contributed by atoms with van der Waals surface area (Å²) in [6.07, 6.45) is 19.2. The van der Waals surface area contributed by atoms with Gasteiger partial charge < -0.3 is 4.90 Å². The molecule has 0 radical (unpaired) electrons. The van der Waals surface area contributed by atoms with Gasteiger partial charge in [0, 0.05) is 27.8 Å². The van der Waals surface area contributed by atoms with E-state index in [1.54, 1.807) is 11.1 Å². The fourth-order valence-corrected chi connectivity index (χ4v) is 11.7. The first kappa shape index (κ1) is 33.7. The lowest BCUT2D eigenvalue weighted by atomic mass is 9.62. The molecule has 2 unspecified atom stereocenters. The van der Waals surface area contributed by atoms with Crippen molar-refractivity contribution in [2.24, 2.45) is 5.92 Å². The minimum Gasteiger partial charge on any atom is -0.314 e. The molecule has 5 aromatic rings. The Morgan fingerprint density at radius 2 is 1.44 bits per heavy atom. The minimum atomic E-state index is -0.0898. The van der Waals surface area contributed by atoms with E-state index < -0.39 is 0 Å². The largest absolute Gasteiger partial charge is 0.314 e. The minimum absolute atomic E-state index is 0.0898. The second-order valence-electron chi connectivity index (χ2n) is 17.0. The molecular weight excluding hydrogens is 651 g/mol. The third kappa shape index (κ3) is 4.96. The van der Waals surface area contributed by atoms with Gasteiger partial charge in [0.2, 0.25) is 0 Å². The highest BCUT2D eigenvalue weighted by molar-refractivity contribution is 5.93. The molecule has 0 N–H and O–H groups in total. The van der Waals surface area contributed by atoms with Crippen molar-refractivity contribution in [2.45, 2.75) is 102 Å². The van der Waals surface area contributed by atoms with E-state index in [-0.39, 0.29) is 10.8 Å². The highest BCUT2D eigenvalue weighted by Crippen LogP contribution is 2.60. The highest BCUT2D eigenvalue weighted by Gasteiger charge is 2.48. The van der Waals surface area contributed by atoms with Gasteiger partial charge in [0.1, 0.15) is 0 Å². The maximum atomic E-state index is 4.84. The van der Waals surface area contributed by atoms with Crippen LogP contribution in [0, 0.1) is 5.92 Å². The van der Waals surface area contributed by atoms with Gasteiger partial charge in [0.15, 0.2) is 0 Å². The van der Waals surface area contributed by atoms with E-state index in [9.17, 15) is 0 Å². The molecule has 270 valence electrons. The summed E-state index contributed by atoms with van der Waals surface area (Å²) in [7, 11) is 0. The van der Waals surface area contributed by atoms with E-state index in [1.807, 2.05) is 0 Å². The van der Waals surface area contributed by atoms with Gasteiger partial charge in [-0.15, -0.1) is 0 Å². The molecule has 0 aromatic heterocycles. The van der Waals surface area contributed by atoms with Crippen LogP contribution in [0.4, 0.5) is 11.4 Å². The van der Waals surface area contributed by atoms with Gasteiger partial charge in [-0.3, -0.25) is 0 Å². The molecule has 5 aliphatic rings. The average Bonchev–Trinajstić information content (AvgIpc) is 3.98. The summed E-state index contributed by atoms with van der Waals surface area (Å²) in [5.41, 5.74) is 21.5. The molecule has 1 heteroatoms. The molecule has 0 aliphatic heterocycles. The van der Waals surface area contributed by atoms with Crippen LogP contribution in [-0.4, -0.2) is 0 Å². The third-order valence-electron chi connectivity index (χ3n) is 14.3. The van der Waals surface area contributed by atoms with Crippen LogP contribution in [-0.2, 0) is 23.7 Å². The molecule has 0 heterocycles. The standard InChI is InChI=1S/C53H53N/c1-4-15-42(25-24-41-34-39-17-7-10-21-47(39)52(41)29-12-13-30-52)54(50-23-14-18-40-33-38-16-6-8-19-44(38)51(40)50)43-26-27-49-46(35-43)45-20-9-11-22-48(45)53(49)31-28-37(5-2)32-36(53)3/h6-11,14,16-27,35,37H,3-5,12-13,15,28-34H2,1-2H3/b41-24+,42-25+. The van der Waals surface area contributed by atoms with E-state index in [1.165, 1.54) is 111 Å². The predicted molar refractivity (Wildman–Crippen MR) is 228 cm³/mol. The normalized spacial score (nSPS) is 22.4. The maximum absolute atomic E-state index is 4.84. The molecule has 5 aromatic carbocycles. The molecule has 2 spiro atoms. The number of fused-ring (bicyclic) bond motifs is 10. The molecule has 1 nitrogen and oxygen atoms in total. The van der Waals surface area contributed by atoms with Crippen LogP contribution in [0.25, 0.3) is 22.3 Å². The van der Waals surface area contributed by atoms with Crippen LogP contribution >= 0.6 is 0 Å². The fraction of sp³-hybridized carbons (Fsp3) is 0.321. The maximum Gasteiger partial charge on any atom is 0.0539 e. The second-order valence-corrected chi connectivity index (χ2v) is 17.0. The van der Waals surface area contributed by atoms with Gasteiger partial charge in [-0.1, -0.05) is 154 Å². The Labute approximate surface area is 323 Å². The van der Waals surface area contributed by atoms with Crippen LogP contribution < -0.4 is 4.90 Å². The first-order valence-electron chi connectivity index (χ1n) is 21.0. The molecule has 0 amide bonds. The summed E-state index contributed by atoms with van der Waals surface area (Å²) >= 11 is 0. The van der Waals surface area contributed by atoms with E-state index in [0.717, 1.165) is 44.4 Å². The Kier molecular flexibility index (Phi) is 8.20. The first-order chi connectivity index (χ1) is 26.6. The summed E-state index contributed by atoms with van der Waals surface area (Å²) < 4.78 is 0. The molecule has 54 heavy (non-hydrogen) atoms. The van der Waals surface area contributed by atoms with Gasteiger partial charge in [-0.25, -0.2) is 0 Å². The highest BCUT2D eigenvalue weighted by atomic mass is 15.2. The quantitative estimate of drug-likeness (QED) is 0.150. The van der Waals surface area contributed by atoms with Crippen molar-refractivity contribution in [1.29, 1.82) is 0 Å². The number of rotatable bonds is 7. The smallest absolute Gasteiger partial charge is 0.0539 e. The zero-order chi connectivity index (χ0) is 36.4. The summed E-state index contributed by atoms with van der Waals surface area (Å²) in [4.78, 5) is 2.65. The lowest BCUT2D eigenvalue weighted by Crippen LogP contribution is -2.33.